The van der Waals surface area contributed by atoms with Crippen LogP contribution in [0.15, 0.2) is 18.2 Å². The first-order chi connectivity index (χ1) is 6.20. The lowest BCUT2D eigenvalue weighted by atomic mass is 10.0. The zero-order valence-electron chi connectivity index (χ0n) is 7.39. The van der Waals surface area contributed by atoms with Gasteiger partial charge in [-0.2, -0.15) is 0 Å². The molecule has 0 heterocycles. The highest BCUT2D eigenvalue weighted by atomic mass is 19.1. The van der Waals surface area contributed by atoms with Gasteiger partial charge in [-0.1, -0.05) is 12.1 Å². The van der Waals surface area contributed by atoms with E-state index in [1.807, 2.05) is 0 Å². The van der Waals surface area contributed by atoms with Gasteiger partial charge in [-0.3, -0.25) is 4.39 Å². The first kappa shape index (κ1) is 9.96. The Morgan fingerprint density at radius 2 is 2.23 bits per heavy atom. The van der Waals surface area contributed by atoms with Crippen LogP contribution in [0.1, 0.15) is 11.5 Å². The summed E-state index contributed by atoms with van der Waals surface area (Å²) in [6.45, 7) is 2.93. The molecule has 1 aromatic carbocycles. The van der Waals surface area contributed by atoms with E-state index in [4.69, 9.17) is 4.74 Å². The second kappa shape index (κ2) is 4.21. The quantitative estimate of drug-likeness (QED) is 0.703. The molecule has 13 heavy (non-hydrogen) atoms. The predicted molar refractivity (Wildman–Crippen MR) is 47.0 cm³/mol. The fourth-order valence-corrected chi connectivity index (χ4v) is 1.15. The fourth-order valence-electron chi connectivity index (χ4n) is 1.15. The summed E-state index contributed by atoms with van der Waals surface area (Å²) >= 11 is 0. The Hall–Kier alpha value is -1.12. The van der Waals surface area contributed by atoms with Crippen molar-refractivity contribution >= 4 is 0 Å². The third-order valence-electron chi connectivity index (χ3n) is 1.83. The molecule has 0 saturated carbocycles. The molecule has 1 radical (unpaired) electrons. The molecular weight excluding hydrogens is 174 g/mol. The summed E-state index contributed by atoms with van der Waals surface area (Å²) in [5.41, 5.74) is 0.463. The van der Waals surface area contributed by atoms with E-state index in [1.165, 1.54) is 19.2 Å². The Morgan fingerprint density at radius 1 is 1.54 bits per heavy atom. The predicted octanol–water partition coefficient (Wildman–Crippen LogP) is 2.72. The number of hydrogen-bond donors (Lipinski definition) is 0. The van der Waals surface area contributed by atoms with Crippen LogP contribution in [0.4, 0.5) is 8.78 Å². The van der Waals surface area contributed by atoms with Gasteiger partial charge < -0.3 is 4.74 Å². The molecule has 0 saturated heterocycles. The van der Waals surface area contributed by atoms with Crippen molar-refractivity contribution in [1.29, 1.82) is 0 Å². The summed E-state index contributed by atoms with van der Waals surface area (Å²) in [6.07, 6.45) is 0. The van der Waals surface area contributed by atoms with E-state index in [1.54, 1.807) is 6.07 Å². The van der Waals surface area contributed by atoms with Gasteiger partial charge in [0, 0.05) is 11.5 Å². The van der Waals surface area contributed by atoms with Crippen LogP contribution in [0.3, 0.4) is 0 Å². The summed E-state index contributed by atoms with van der Waals surface area (Å²) in [4.78, 5) is 0. The zero-order chi connectivity index (χ0) is 9.84. The molecule has 0 aromatic heterocycles. The van der Waals surface area contributed by atoms with Crippen LogP contribution < -0.4 is 4.74 Å². The number of alkyl halides is 1. The first-order valence-electron chi connectivity index (χ1n) is 3.92. The van der Waals surface area contributed by atoms with E-state index in [0.29, 0.717) is 5.56 Å². The number of hydrogen-bond acceptors (Lipinski definition) is 1. The number of methoxy groups -OCH3 is 1. The van der Waals surface area contributed by atoms with Crippen molar-refractivity contribution in [3.8, 4) is 5.75 Å². The number of halogens is 2. The van der Waals surface area contributed by atoms with Crippen molar-refractivity contribution in [1.82, 2.24) is 0 Å². The Kier molecular flexibility index (Phi) is 3.23. The van der Waals surface area contributed by atoms with Crippen LogP contribution in [0.2, 0.25) is 0 Å². The second-order valence-corrected chi connectivity index (χ2v) is 2.71. The molecule has 1 nitrogen and oxygen atoms in total. The molecule has 0 aliphatic rings. The number of benzene rings is 1. The monoisotopic (exact) mass is 185 g/mol. The van der Waals surface area contributed by atoms with Crippen molar-refractivity contribution in [3.05, 3.63) is 36.5 Å². The third kappa shape index (κ3) is 1.97. The lowest BCUT2D eigenvalue weighted by Gasteiger charge is -2.12. The average molecular weight is 185 g/mol. The van der Waals surface area contributed by atoms with Gasteiger partial charge in [-0.15, -0.1) is 0 Å². The van der Waals surface area contributed by atoms with Gasteiger partial charge in [-0.05, 0) is 13.0 Å². The molecule has 0 N–H and O–H groups in total. The maximum atomic E-state index is 13.1. The Morgan fingerprint density at radius 3 is 2.77 bits per heavy atom. The molecule has 1 atom stereocenters. The summed E-state index contributed by atoms with van der Waals surface area (Å²) < 4.78 is 30.2. The Balaban J connectivity index is 3.12. The summed E-state index contributed by atoms with van der Waals surface area (Å²) in [5.74, 6) is -0.979. The molecule has 1 rings (SSSR count). The van der Waals surface area contributed by atoms with Gasteiger partial charge in [0.15, 0.2) is 11.6 Å². The first-order valence-corrected chi connectivity index (χ1v) is 3.92. The minimum absolute atomic E-state index is 0.0835. The van der Waals surface area contributed by atoms with Crippen LogP contribution in [-0.2, 0) is 0 Å². The van der Waals surface area contributed by atoms with Crippen molar-refractivity contribution in [2.45, 2.75) is 5.92 Å². The van der Waals surface area contributed by atoms with Crippen LogP contribution in [0.5, 0.6) is 5.75 Å². The van der Waals surface area contributed by atoms with E-state index in [2.05, 4.69) is 6.92 Å². The summed E-state index contributed by atoms with van der Waals surface area (Å²) in [7, 11) is 1.35. The van der Waals surface area contributed by atoms with E-state index in [0.717, 1.165) is 0 Å². The standard InChI is InChI=1S/C10H11F2O/c1-7(6-11)8-4-3-5-9(12)10(8)13-2/h3-5,7H,1,6H2,2H3. The average Bonchev–Trinajstić information content (AvgIpc) is 2.16. The van der Waals surface area contributed by atoms with Crippen LogP contribution in [0.25, 0.3) is 0 Å². The van der Waals surface area contributed by atoms with Gasteiger partial charge in [0.25, 0.3) is 0 Å². The van der Waals surface area contributed by atoms with Crippen LogP contribution in [0, 0.1) is 12.7 Å². The molecule has 71 valence electrons. The molecule has 0 bridgehead atoms. The Bertz CT molecular complexity index is 286. The number of ether oxygens (including phenoxy) is 1. The summed E-state index contributed by atoms with van der Waals surface area (Å²) in [5, 5.41) is 0. The molecule has 0 amide bonds. The molecule has 0 aliphatic carbocycles. The topological polar surface area (TPSA) is 9.23 Å². The molecule has 3 heteroatoms. The SMILES string of the molecule is [CH2]C(CF)c1cccc(F)c1OC. The van der Waals surface area contributed by atoms with Gasteiger partial charge in [0.2, 0.25) is 0 Å². The van der Waals surface area contributed by atoms with Crippen LogP contribution >= 0.6 is 0 Å². The molecule has 1 aromatic rings. The maximum absolute atomic E-state index is 13.1. The van der Waals surface area contributed by atoms with E-state index in [-0.39, 0.29) is 5.75 Å². The smallest absolute Gasteiger partial charge is 0.165 e. The van der Waals surface area contributed by atoms with Crippen molar-refractivity contribution in [3.63, 3.8) is 0 Å². The second-order valence-electron chi connectivity index (χ2n) is 2.71. The van der Waals surface area contributed by atoms with Gasteiger partial charge in [-0.25, -0.2) is 4.39 Å². The highest BCUT2D eigenvalue weighted by Gasteiger charge is 2.14. The number of para-hydroxylation sites is 1. The van der Waals surface area contributed by atoms with Gasteiger partial charge in [0.05, 0.1) is 13.8 Å². The molecule has 0 aliphatic heterocycles. The molecule has 1 unspecified atom stereocenters. The Labute approximate surface area is 76.3 Å². The minimum atomic E-state index is -0.625. The lowest BCUT2D eigenvalue weighted by Crippen LogP contribution is -2.01. The fraction of sp³-hybridized carbons (Fsp3) is 0.300. The normalized spacial score (nSPS) is 12.6. The lowest BCUT2D eigenvalue weighted by molar-refractivity contribution is 0.373. The van der Waals surface area contributed by atoms with E-state index in [9.17, 15) is 8.78 Å². The molecule has 0 spiro atoms. The van der Waals surface area contributed by atoms with Gasteiger partial charge in [0.1, 0.15) is 0 Å². The zero-order valence-corrected chi connectivity index (χ0v) is 7.39. The van der Waals surface area contributed by atoms with Crippen molar-refractivity contribution < 1.29 is 13.5 Å². The van der Waals surface area contributed by atoms with Crippen molar-refractivity contribution in [2.75, 3.05) is 13.8 Å². The van der Waals surface area contributed by atoms with E-state index < -0.39 is 18.4 Å². The summed E-state index contributed by atoms with van der Waals surface area (Å²) in [6, 6.07) is 4.40. The molecular formula is C10H11F2O. The van der Waals surface area contributed by atoms with E-state index >= 15 is 0 Å². The highest BCUT2D eigenvalue weighted by molar-refractivity contribution is 5.38. The largest absolute Gasteiger partial charge is 0.493 e. The third-order valence-corrected chi connectivity index (χ3v) is 1.83. The van der Waals surface area contributed by atoms with Crippen molar-refractivity contribution in [2.24, 2.45) is 0 Å². The minimum Gasteiger partial charge on any atom is -0.493 e. The van der Waals surface area contributed by atoms with Crippen LogP contribution in [-0.4, -0.2) is 13.8 Å². The number of rotatable bonds is 3. The highest BCUT2D eigenvalue weighted by Crippen LogP contribution is 2.28. The maximum Gasteiger partial charge on any atom is 0.165 e. The van der Waals surface area contributed by atoms with Gasteiger partial charge >= 0.3 is 0 Å². The molecule has 0 fully saturated rings.